The van der Waals surface area contributed by atoms with Crippen LogP contribution in [0.15, 0.2) is 0 Å². The lowest BCUT2D eigenvalue weighted by molar-refractivity contribution is -0.139. The topological polar surface area (TPSA) is 83.6 Å². The molecule has 3 atom stereocenters. The van der Waals surface area contributed by atoms with Crippen LogP contribution >= 0.6 is 0 Å². The summed E-state index contributed by atoms with van der Waals surface area (Å²) in [4.78, 5) is 25.0. The van der Waals surface area contributed by atoms with Crippen LogP contribution in [0.4, 0.5) is 0 Å². The van der Waals surface area contributed by atoms with E-state index < -0.39 is 12.0 Å². The van der Waals surface area contributed by atoms with Gasteiger partial charge < -0.3 is 15.7 Å². The number of carbonyl (C=O) groups excluding carboxylic acids is 1. The number of piperidine rings is 1. The Kier molecular flexibility index (Phi) is 5.57. The predicted molar refractivity (Wildman–Crippen MR) is 78.2 cm³/mol. The second-order valence-electron chi connectivity index (χ2n) is 7.11. The number of carbonyl (C=O) groups is 2. The molecule has 5 nitrogen and oxygen atoms in total. The number of nitrogens with zero attached hydrogens (tertiary/aromatic N) is 1. The van der Waals surface area contributed by atoms with E-state index in [1.54, 1.807) is 0 Å². The monoisotopic (exact) mass is 284 g/mol. The number of amides is 1. The van der Waals surface area contributed by atoms with Gasteiger partial charge in [0.2, 0.25) is 5.91 Å². The van der Waals surface area contributed by atoms with Gasteiger partial charge in [-0.3, -0.25) is 9.59 Å². The molecule has 0 aromatic carbocycles. The number of nitrogens with two attached hydrogens (primary N) is 1. The Morgan fingerprint density at radius 3 is 2.50 bits per heavy atom. The molecular weight excluding hydrogens is 256 g/mol. The van der Waals surface area contributed by atoms with Crippen molar-refractivity contribution in [2.75, 3.05) is 13.1 Å². The second-order valence-corrected chi connectivity index (χ2v) is 7.11. The van der Waals surface area contributed by atoms with Crippen molar-refractivity contribution in [1.29, 1.82) is 0 Å². The average Bonchev–Trinajstić information content (AvgIpc) is 2.35. The number of hydrogen-bond acceptors (Lipinski definition) is 3. The first-order valence-electron chi connectivity index (χ1n) is 7.39. The molecule has 1 heterocycles. The third-order valence-electron chi connectivity index (χ3n) is 4.27. The molecule has 1 amide bonds. The molecule has 1 rings (SSSR count). The Morgan fingerprint density at radius 1 is 1.40 bits per heavy atom. The van der Waals surface area contributed by atoms with E-state index in [1.807, 2.05) is 32.6 Å². The quantitative estimate of drug-likeness (QED) is 0.823. The SMILES string of the molecule is CC(CC(=O)O)C1CCCN(C(=O)[C@@H](N)C(C)(C)C)C1. The van der Waals surface area contributed by atoms with E-state index in [0.717, 1.165) is 19.4 Å². The van der Waals surface area contributed by atoms with Crippen molar-refractivity contribution in [3.8, 4) is 0 Å². The Morgan fingerprint density at radius 2 is 2.00 bits per heavy atom. The van der Waals surface area contributed by atoms with Crippen LogP contribution in [0.2, 0.25) is 0 Å². The summed E-state index contributed by atoms with van der Waals surface area (Å²) in [5.74, 6) is -0.429. The Balaban J connectivity index is 2.65. The number of carboxylic acids is 1. The number of likely N-dealkylation sites (tertiary alicyclic amines) is 1. The molecule has 0 aromatic rings. The lowest BCUT2D eigenvalue weighted by atomic mass is 9.83. The molecule has 0 radical (unpaired) electrons. The first-order valence-corrected chi connectivity index (χ1v) is 7.39. The van der Waals surface area contributed by atoms with Crippen molar-refractivity contribution in [3.05, 3.63) is 0 Å². The first kappa shape index (κ1) is 17.0. The molecule has 2 unspecified atom stereocenters. The Labute approximate surface area is 121 Å². The lowest BCUT2D eigenvalue weighted by Gasteiger charge is -2.38. The van der Waals surface area contributed by atoms with Gasteiger partial charge in [0.05, 0.1) is 6.04 Å². The van der Waals surface area contributed by atoms with Crippen molar-refractivity contribution in [1.82, 2.24) is 4.90 Å². The maximum absolute atomic E-state index is 12.4. The largest absolute Gasteiger partial charge is 0.481 e. The van der Waals surface area contributed by atoms with E-state index in [4.69, 9.17) is 10.8 Å². The molecule has 116 valence electrons. The molecule has 5 heteroatoms. The normalized spacial score (nSPS) is 23.2. The van der Waals surface area contributed by atoms with Gasteiger partial charge in [0.15, 0.2) is 0 Å². The maximum atomic E-state index is 12.4. The van der Waals surface area contributed by atoms with E-state index in [0.29, 0.717) is 6.54 Å². The van der Waals surface area contributed by atoms with E-state index in [1.165, 1.54) is 0 Å². The predicted octanol–water partition coefficient (Wildman–Crippen LogP) is 1.71. The zero-order valence-electron chi connectivity index (χ0n) is 13.1. The highest BCUT2D eigenvalue weighted by Crippen LogP contribution is 2.28. The van der Waals surface area contributed by atoms with Gasteiger partial charge in [0, 0.05) is 19.5 Å². The van der Waals surface area contributed by atoms with Gasteiger partial charge in [0.25, 0.3) is 0 Å². The highest BCUT2D eigenvalue weighted by molar-refractivity contribution is 5.82. The minimum atomic E-state index is -0.771. The third kappa shape index (κ3) is 4.47. The molecule has 1 fully saturated rings. The Bertz CT molecular complexity index is 363. The zero-order chi connectivity index (χ0) is 15.5. The summed E-state index contributed by atoms with van der Waals surface area (Å²) in [5.41, 5.74) is 5.79. The van der Waals surface area contributed by atoms with Crippen LogP contribution in [0, 0.1) is 17.3 Å². The molecule has 0 spiro atoms. The van der Waals surface area contributed by atoms with Gasteiger partial charge in [-0.05, 0) is 30.1 Å². The van der Waals surface area contributed by atoms with E-state index in [9.17, 15) is 9.59 Å². The van der Waals surface area contributed by atoms with Crippen molar-refractivity contribution < 1.29 is 14.7 Å². The van der Waals surface area contributed by atoms with E-state index >= 15 is 0 Å². The molecule has 20 heavy (non-hydrogen) atoms. The van der Waals surface area contributed by atoms with Crippen LogP contribution in [-0.4, -0.2) is 41.0 Å². The van der Waals surface area contributed by atoms with Crippen molar-refractivity contribution in [3.63, 3.8) is 0 Å². The molecule has 0 bridgehead atoms. The van der Waals surface area contributed by atoms with E-state index in [-0.39, 0.29) is 29.6 Å². The second kappa shape index (κ2) is 6.57. The lowest BCUT2D eigenvalue weighted by Crippen LogP contribution is -2.53. The van der Waals surface area contributed by atoms with Crippen LogP contribution in [0.1, 0.15) is 47.0 Å². The van der Waals surface area contributed by atoms with Crippen LogP contribution in [-0.2, 0) is 9.59 Å². The molecule has 0 aromatic heterocycles. The van der Waals surface area contributed by atoms with Gasteiger partial charge >= 0.3 is 5.97 Å². The van der Waals surface area contributed by atoms with Crippen LogP contribution in [0.25, 0.3) is 0 Å². The van der Waals surface area contributed by atoms with Crippen molar-refractivity contribution >= 4 is 11.9 Å². The minimum absolute atomic E-state index is 0.00951. The minimum Gasteiger partial charge on any atom is -0.481 e. The molecule has 0 aliphatic carbocycles. The van der Waals surface area contributed by atoms with Gasteiger partial charge in [0.1, 0.15) is 0 Å². The van der Waals surface area contributed by atoms with Crippen molar-refractivity contribution in [2.24, 2.45) is 23.0 Å². The highest BCUT2D eigenvalue weighted by Gasteiger charge is 2.34. The fourth-order valence-electron chi connectivity index (χ4n) is 2.68. The first-order chi connectivity index (χ1) is 9.12. The van der Waals surface area contributed by atoms with Gasteiger partial charge in [-0.25, -0.2) is 0 Å². The zero-order valence-corrected chi connectivity index (χ0v) is 13.1. The smallest absolute Gasteiger partial charge is 0.303 e. The fraction of sp³-hybridized carbons (Fsp3) is 0.867. The molecule has 0 saturated carbocycles. The maximum Gasteiger partial charge on any atom is 0.303 e. The number of aliphatic carboxylic acids is 1. The average molecular weight is 284 g/mol. The number of hydrogen-bond donors (Lipinski definition) is 2. The Hall–Kier alpha value is -1.10. The summed E-state index contributed by atoms with van der Waals surface area (Å²) < 4.78 is 0. The van der Waals surface area contributed by atoms with Gasteiger partial charge in [-0.2, -0.15) is 0 Å². The third-order valence-corrected chi connectivity index (χ3v) is 4.27. The number of rotatable bonds is 4. The van der Waals surface area contributed by atoms with Gasteiger partial charge in [-0.15, -0.1) is 0 Å². The highest BCUT2D eigenvalue weighted by atomic mass is 16.4. The molecule has 3 N–H and O–H groups in total. The summed E-state index contributed by atoms with van der Waals surface area (Å²) in [7, 11) is 0. The molecule has 1 aliphatic heterocycles. The summed E-state index contributed by atoms with van der Waals surface area (Å²) in [5, 5.41) is 8.88. The van der Waals surface area contributed by atoms with E-state index in [2.05, 4.69) is 0 Å². The van der Waals surface area contributed by atoms with Crippen LogP contribution in [0.3, 0.4) is 0 Å². The molecule has 1 saturated heterocycles. The molecule has 1 aliphatic rings. The number of carboxylic acid groups (broad SMARTS) is 1. The summed E-state index contributed by atoms with van der Waals surface area (Å²) in [6, 6.07) is -0.504. The fourth-order valence-corrected chi connectivity index (χ4v) is 2.68. The molecular formula is C15H28N2O3. The van der Waals surface area contributed by atoms with Gasteiger partial charge in [-0.1, -0.05) is 27.7 Å². The standard InChI is InChI=1S/C15H28N2O3/c1-10(8-12(18)19)11-6-5-7-17(9-11)14(20)13(16)15(2,3)4/h10-11,13H,5-9,16H2,1-4H3,(H,18,19)/t10?,11?,13-/m1/s1. The summed E-state index contributed by atoms with van der Waals surface area (Å²) in [6.45, 7) is 9.21. The van der Waals surface area contributed by atoms with Crippen LogP contribution < -0.4 is 5.73 Å². The summed E-state index contributed by atoms with van der Waals surface area (Å²) >= 11 is 0. The van der Waals surface area contributed by atoms with Crippen molar-refractivity contribution in [2.45, 2.75) is 53.0 Å². The van der Waals surface area contributed by atoms with Crippen LogP contribution in [0.5, 0.6) is 0 Å². The summed E-state index contributed by atoms with van der Waals surface area (Å²) in [6.07, 6.45) is 2.08.